The maximum absolute atomic E-state index is 6.45. The molecule has 0 spiro atoms. The molecule has 0 N–H and O–H groups in total. The minimum Gasteiger partial charge on any atom is -0.437 e. The third kappa shape index (κ3) is 3.21. The van der Waals surface area contributed by atoms with Gasteiger partial charge < -0.3 is 4.42 Å². The highest BCUT2D eigenvalue weighted by atomic mass is 16.3. The van der Waals surface area contributed by atoms with Crippen molar-refractivity contribution in [3.63, 3.8) is 0 Å². The highest BCUT2D eigenvalue weighted by Crippen LogP contribution is 2.40. The summed E-state index contributed by atoms with van der Waals surface area (Å²) in [4.78, 5) is 4.82. The Bertz CT molecular complexity index is 1440. The summed E-state index contributed by atoms with van der Waals surface area (Å²) < 4.78 is 8.65. The Morgan fingerprint density at radius 3 is 2.48 bits per heavy atom. The lowest BCUT2D eigenvalue weighted by Crippen LogP contribution is -2.31. The van der Waals surface area contributed by atoms with Crippen molar-refractivity contribution in [1.29, 1.82) is 0 Å². The van der Waals surface area contributed by atoms with Gasteiger partial charge in [0.1, 0.15) is 7.05 Å². The van der Waals surface area contributed by atoms with Gasteiger partial charge in [0.2, 0.25) is 11.4 Å². The lowest BCUT2D eigenvalue weighted by molar-refractivity contribution is -0.659. The molecule has 0 radical (unpaired) electrons. The highest BCUT2D eigenvalue weighted by Gasteiger charge is 2.25. The van der Waals surface area contributed by atoms with Gasteiger partial charge in [-0.25, -0.2) is 9.55 Å². The second kappa shape index (κ2) is 7.35. The Labute approximate surface area is 183 Å². The molecular formula is C28H27N2O+. The van der Waals surface area contributed by atoms with Crippen LogP contribution in [0.25, 0.3) is 44.5 Å². The van der Waals surface area contributed by atoms with Gasteiger partial charge in [-0.3, -0.25) is 0 Å². The van der Waals surface area contributed by atoms with E-state index in [0.29, 0.717) is 11.6 Å². The molecule has 0 fully saturated rings. The third-order valence-corrected chi connectivity index (χ3v) is 6.07. The minimum atomic E-state index is 0.360. The molecule has 3 heterocycles. The van der Waals surface area contributed by atoms with Crippen LogP contribution >= 0.6 is 0 Å². The molecule has 3 nitrogen and oxygen atoms in total. The standard InChI is InChI=1S/C28H27N2O/c1-17(2)24-14-13-23-22-12-11-19(4)25(27(22)31-28(23)29-24)26-21(10-7-15-30(26)5)20-9-6-8-18(3)16-20/h6-17H,1-5H3/q+1. The van der Waals surface area contributed by atoms with Gasteiger partial charge in [0.05, 0.1) is 11.1 Å². The molecule has 0 atom stereocenters. The average Bonchev–Trinajstić information content (AvgIpc) is 3.12. The average molecular weight is 408 g/mol. The van der Waals surface area contributed by atoms with Crippen molar-refractivity contribution >= 4 is 22.1 Å². The van der Waals surface area contributed by atoms with Crippen molar-refractivity contribution < 1.29 is 8.98 Å². The Morgan fingerprint density at radius 1 is 0.903 bits per heavy atom. The van der Waals surface area contributed by atoms with E-state index in [2.05, 4.69) is 106 Å². The van der Waals surface area contributed by atoms with Crippen LogP contribution in [0.1, 0.15) is 36.6 Å². The number of benzene rings is 2. The Hall–Kier alpha value is -3.46. The molecule has 0 aliphatic rings. The molecule has 0 saturated carbocycles. The molecule has 154 valence electrons. The maximum Gasteiger partial charge on any atom is 0.227 e. The fraction of sp³-hybridized carbons (Fsp3) is 0.214. The first-order chi connectivity index (χ1) is 14.9. The van der Waals surface area contributed by atoms with Crippen LogP contribution in [0.2, 0.25) is 0 Å². The number of furan rings is 1. The van der Waals surface area contributed by atoms with Crippen molar-refractivity contribution in [1.82, 2.24) is 4.98 Å². The topological polar surface area (TPSA) is 29.9 Å². The molecule has 31 heavy (non-hydrogen) atoms. The SMILES string of the molecule is Cc1cccc(-c2ccc[n+](C)c2-c2c(C)ccc3c2oc2nc(C(C)C)ccc23)c1. The van der Waals surface area contributed by atoms with Crippen LogP contribution in [0, 0.1) is 13.8 Å². The monoisotopic (exact) mass is 407 g/mol. The van der Waals surface area contributed by atoms with Crippen molar-refractivity contribution in [2.75, 3.05) is 0 Å². The number of aryl methyl sites for hydroxylation is 3. The predicted octanol–water partition coefficient (Wildman–Crippen LogP) is 6.88. The van der Waals surface area contributed by atoms with E-state index in [4.69, 9.17) is 9.40 Å². The fourth-order valence-corrected chi connectivity index (χ4v) is 4.42. The Morgan fingerprint density at radius 2 is 1.71 bits per heavy atom. The summed E-state index contributed by atoms with van der Waals surface area (Å²) in [5.74, 6) is 0.360. The molecular weight excluding hydrogens is 380 g/mol. The van der Waals surface area contributed by atoms with E-state index in [9.17, 15) is 0 Å². The highest BCUT2D eigenvalue weighted by molar-refractivity contribution is 6.09. The van der Waals surface area contributed by atoms with Crippen LogP contribution in [-0.4, -0.2) is 4.98 Å². The number of hydrogen-bond donors (Lipinski definition) is 0. The van der Waals surface area contributed by atoms with Crippen LogP contribution in [0.4, 0.5) is 0 Å². The summed E-state index contributed by atoms with van der Waals surface area (Å²) in [5.41, 5.74) is 9.78. The Kier molecular flexibility index (Phi) is 4.62. The van der Waals surface area contributed by atoms with Crippen molar-refractivity contribution in [3.05, 3.63) is 83.7 Å². The van der Waals surface area contributed by atoms with E-state index < -0.39 is 0 Å². The molecule has 3 aromatic heterocycles. The van der Waals surface area contributed by atoms with Gasteiger partial charge in [-0.15, -0.1) is 0 Å². The van der Waals surface area contributed by atoms with Gasteiger partial charge in [0.25, 0.3) is 0 Å². The molecule has 0 unspecified atom stereocenters. The number of nitrogens with zero attached hydrogens (tertiary/aromatic N) is 2. The molecule has 5 aromatic rings. The summed E-state index contributed by atoms with van der Waals surface area (Å²) >= 11 is 0. The summed E-state index contributed by atoms with van der Waals surface area (Å²) in [5, 5.41) is 2.17. The molecule has 0 saturated heterocycles. The van der Waals surface area contributed by atoms with Crippen molar-refractivity contribution in [3.8, 4) is 22.4 Å². The molecule has 0 aliphatic heterocycles. The van der Waals surface area contributed by atoms with E-state index in [0.717, 1.165) is 33.3 Å². The summed E-state index contributed by atoms with van der Waals surface area (Å²) in [6, 6.07) is 21.6. The normalized spacial score (nSPS) is 11.7. The van der Waals surface area contributed by atoms with Gasteiger partial charge in [0, 0.05) is 22.5 Å². The lowest BCUT2D eigenvalue weighted by atomic mass is 9.94. The van der Waals surface area contributed by atoms with Crippen molar-refractivity contribution in [2.24, 2.45) is 7.05 Å². The first-order valence-electron chi connectivity index (χ1n) is 10.8. The van der Waals surface area contributed by atoms with Gasteiger partial charge >= 0.3 is 0 Å². The fourth-order valence-electron chi connectivity index (χ4n) is 4.42. The van der Waals surface area contributed by atoms with E-state index in [1.54, 1.807) is 0 Å². The largest absolute Gasteiger partial charge is 0.437 e. The second-order valence-corrected chi connectivity index (χ2v) is 8.73. The lowest BCUT2D eigenvalue weighted by Gasteiger charge is -2.11. The molecule has 0 bridgehead atoms. The van der Waals surface area contributed by atoms with Crippen molar-refractivity contribution in [2.45, 2.75) is 33.6 Å². The van der Waals surface area contributed by atoms with E-state index in [1.165, 1.54) is 22.3 Å². The van der Waals surface area contributed by atoms with Gasteiger partial charge in [-0.05, 0) is 49.1 Å². The van der Waals surface area contributed by atoms with Gasteiger partial charge in [0.15, 0.2) is 11.8 Å². The summed E-state index contributed by atoms with van der Waals surface area (Å²) in [6.45, 7) is 8.60. The maximum atomic E-state index is 6.45. The molecule has 5 rings (SSSR count). The molecule has 0 amide bonds. The molecule has 0 aliphatic carbocycles. The zero-order chi connectivity index (χ0) is 21.7. The summed E-state index contributed by atoms with van der Waals surface area (Å²) in [6.07, 6.45) is 2.10. The number of aromatic nitrogens is 2. The van der Waals surface area contributed by atoms with E-state index in [1.807, 2.05) is 0 Å². The zero-order valence-electron chi connectivity index (χ0n) is 18.7. The van der Waals surface area contributed by atoms with Crippen LogP contribution in [-0.2, 0) is 7.05 Å². The zero-order valence-corrected chi connectivity index (χ0v) is 18.7. The van der Waals surface area contributed by atoms with Gasteiger partial charge in [-0.2, -0.15) is 0 Å². The van der Waals surface area contributed by atoms with Crippen LogP contribution in [0.3, 0.4) is 0 Å². The second-order valence-electron chi connectivity index (χ2n) is 8.73. The first-order valence-corrected chi connectivity index (χ1v) is 10.8. The summed E-state index contributed by atoms with van der Waals surface area (Å²) in [7, 11) is 2.10. The minimum absolute atomic E-state index is 0.360. The number of pyridine rings is 2. The van der Waals surface area contributed by atoms with Crippen LogP contribution in [0.5, 0.6) is 0 Å². The van der Waals surface area contributed by atoms with E-state index in [-0.39, 0.29) is 0 Å². The molecule has 2 aromatic carbocycles. The molecule has 3 heteroatoms. The van der Waals surface area contributed by atoms with E-state index >= 15 is 0 Å². The smallest absolute Gasteiger partial charge is 0.227 e. The number of hydrogen-bond acceptors (Lipinski definition) is 2. The third-order valence-electron chi connectivity index (χ3n) is 6.07. The Balaban J connectivity index is 1.86. The predicted molar refractivity (Wildman–Crippen MR) is 127 cm³/mol. The first kappa shape index (κ1) is 19.5. The van der Waals surface area contributed by atoms with Gasteiger partial charge in [-0.1, -0.05) is 55.8 Å². The van der Waals surface area contributed by atoms with Crippen LogP contribution < -0.4 is 4.57 Å². The van der Waals surface area contributed by atoms with Crippen LogP contribution in [0.15, 0.2) is 71.3 Å². The quantitative estimate of drug-likeness (QED) is 0.305. The number of rotatable bonds is 3. The number of fused-ring (bicyclic) bond motifs is 3.